The third-order valence-electron chi connectivity index (χ3n) is 7.44. The summed E-state index contributed by atoms with van der Waals surface area (Å²) in [7, 11) is 0. The number of piperidine rings is 1. The number of amides is 1. The summed E-state index contributed by atoms with van der Waals surface area (Å²) in [4.78, 5) is 40.1. The molecule has 9 nitrogen and oxygen atoms in total. The summed E-state index contributed by atoms with van der Waals surface area (Å²) in [5.41, 5.74) is 0.582. The Morgan fingerprint density at radius 3 is 2.47 bits per heavy atom. The number of rotatable bonds is 10. The van der Waals surface area contributed by atoms with E-state index in [9.17, 15) is 9.59 Å². The van der Waals surface area contributed by atoms with E-state index in [1.165, 1.54) is 24.7 Å². The van der Waals surface area contributed by atoms with Gasteiger partial charge in [0.1, 0.15) is 40.9 Å². The van der Waals surface area contributed by atoms with Crippen LogP contribution < -0.4 is 14.8 Å². The van der Waals surface area contributed by atoms with Crippen molar-refractivity contribution in [2.24, 2.45) is 0 Å². The van der Waals surface area contributed by atoms with E-state index < -0.39 is 11.6 Å². The number of likely N-dealkylation sites (tertiary alicyclic amines) is 1. The molecule has 0 saturated carbocycles. The predicted molar refractivity (Wildman–Crippen MR) is 160 cm³/mol. The van der Waals surface area contributed by atoms with E-state index in [1.807, 2.05) is 53.4 Å². The van der Waals surface area contributed by atoms with Crippen LogP contribution in [0.5, 0.6) is 17.2 Å². The quantitative estimate of drug-likeness (QED) is 0.196. The number of H-pyrrole nitrogens is 1. The zero-order chi connectivity index (χ0) is 29.6. The molecule has 1 saturated heterocycles. The highest BCUT2D eigenvalue weighted by atomic mass is 19.1. The third kappa shape index (κ3) is 6.33. The fourth-order valence-electron chi connectivity index (χ4n) is 5.29. The molecule has 1 unspecified atom stereocenters. The van der Waals surface area contributed by atoms with Crippen LogP contribution in [0.1, 0.15) is 35.2 Å². The fourth-order valence-corrected chi connectivity index (χ4v) is 5.29. The van der Waals surface area contributed by atoms with Gasteiger partial charge in [0.05, 0.1) is 16.5 Å². The molecular weight excluding hydrogens is 549 g/mol. The van der Waals surface area contributed by atoms with Crippen LogP contribution in [0.4, 0.5) is 10.2 Å². The van der Waals surface area contributed by atoms with Gasteiger partial charge in [0, 0.05) is 31.4 Å². The van der Waals surface area contributed by atoms with E-state index in [1.54, 1.807) is 18.2 Å². The lowest BCUT2D eigenvalue weighted by Gasteiger charge is -2.36. The number of anilines is 1. The summed E-state index contributed by atoms with van der Waals surface area (Å²) in [6.07, 6.45) is 5.63. The third-order valence-corrected chi connectivity index (χ3v) is 7.44. The first-order valence-electron chi connectivity index (χ1n) is 14.2. The minimum atomic E-state index is -0.701. The summed E-state index contributed by atoms with van der Waals surface area (Å²) in [5, 5.41) is 3.78. The highest BCUT2D eigenvalue weighted by Gasteiger charge is 2.28. The van der Waals surface area contributed by atoms with Crippen molar-refractivity contribution in [3.8, 4) is 17.2 Å². The van der Waals surface area contributed by atoms with E-state index in [4.69, 9.17) is 9.47 Å². The van der Waals surface area contributed by atoms with Crippen LogP contribution in [0.3, 0.4) is 0 Å². The van der Waals surface area contributed by atoms with Crippen LogP contribution >= 0.6 is 0 Å². The van der Waals surface area contributed by atoms with Gasteiger partial charge in [0.2, 0.25) is 0 Å². The Labute approximate surface area is 247 Å². The van der Waals surface area contributed by atoms with Crippen molar-refractivity contribution in [2.75, 3.05) is 25.0 Å². The number of carbonyl (C=O) groups is 2. The lowest BCUT2D eigenvalue weighted by molar-refractivity contribution is -0.136. The highest BCUT2D eigenvalue weighted by Crippen LogP contribution is 2.29. The van der Waals surface area contributed by atoms with Crippen molar-refractivity contribution < 1.29 is 23.5 Å². The zero-order valence-electron chi connectivity index (χ0n) is 23.3. The minimum absolute atomic E-state index is 0.0462. The standard InChI is InChI=1S/C33H30FN5O4/c34-28-17-25(43-24-12-5-2-6-13-24)14-15-26(28)31(41)27-19-36-33-30(27)32(37-21-38-33)35-18-22-9-7-8-16-39(22)29(40)20-42-23-10-3-1-4-11-23/h1-6,10-15,17,19,21-22H,7-9,16,18,20H2,(H2,35,36,37,38). The summed E-state index contributed by atoms with van der Waals surface area (Å²) in [5.74, 6) is 0.616. The first-order valence-corrected chi connectivity index (χ1v) is 14.2. The van der Waals surface area contributed by atoms with Crippen molar-refractivity contribution in [2.45, 2.75) is 25.3 Å². The Hall–Kier alpha value is -5.25. The number of nitrogens with zero attached hydrogens (tertiary/aromatic N) is 3. The maximum atomic E-state index is 15.2. The number of para-hydroxylation sites is 2. The molecule has 1 aliphatic rings. The van der Waals surface area contributed by atoms with E-state index in [0.29, 0.717) is 41.4 Å². The molecule has 218 valence electrons. The molecule has 5 aromatic rings. The van der Waals surface area contributed by atoms with Gasteiger partial charge in [-0.25, -0.2) is 14.4 Å². The number of fused-ring (bicyclic) bond motifs is 1. The van der Waals surface area contributed by atoms with E-state index in [-0.39, 0.29) is 35.4 Å². The van der Waals surface area contributed by atoms with Crippen molar-refractivity contribution in [1.29, 1.82) is 0 Å². The molecule has 1 atom stereocenters. The SMILES string of the molecule is O=C(c1ccc(Oc2ccccc2)cc1F)c1c[nH]c2ncnc(NCC3CCCCN3C(=O)COc3ccccc3)c12. The molecule has 3 heterocycles. The van der Waals surface area contributed by atoms with Crippen LogP contribution in [0.25, 0.3) is 11.0 Å². The molecule has 0 bridgehead atoms. The number of hydrogen-bond acceptors (Lipinski definition) is 7. The average Bonchev–Trinajstić information content (AvgIpc) is 3.49. The number of nitrogens with one attached hydrogen (secondary N) is 2. The fraction of sp³-hybridized carbons (Fsp3) is 0.212. The van der Waals surface area contributed by atoms with Crippen LogP contribution in [0.2, 0.25) is 0 Å². The Bertz CT molecular complexity index is 1730. The van der Waals surface area contributed by atoms with Crippen molar-refractivity contribution in [3.63, 3.8) is 0 Å². The number of carbonyl (C=O) groups excluding carboxylic acids is 2. The molecule has 0 aliphatic carbocycles. The maximum Gasteiger partial charge on any atom is 0.260 e. The van der Waals surface area contributed by atoms with Gasteiger partial charge < -0.3 is 24.7 Å². The van der Waals surface area contributed by atoms with Crippen LogP contribution in [-0.4, -0.2) is 57.3 Å². The Morgan fingerprint density at radius 2 is 1.70 bits per heavy atom. The van der Waals surface area contributed by atoms with E-state index in [2.05, 4.69) is 20.3 Å². The summed E-state index contributed by atoms with van der Waals surface area (Å²) >= 11 is 0. The molecule has 1 aliphatic heterocycles. The monoisotopic (exact) mass is 579 g/mol. The van der Waals surface area contributed by atoms with Gasteiger partial charge in [-0.15, -0.1) is 0 Å². The van der Waals surface area contributed by atoms with E-state index in [0.717, 1.165) is 19.3 Å². The van der Waals surface area contributed by atoms with Gasteiger partial charge in [0.15, 0.2) is 12.4 Å². The first-order chi connectivity index (χ1) is 21.1. The van der Waals surface area contributed by atoms with E-state index >= 15 is 4.39 Å². The summed E-state index contributed by atoms with van der Waals surface area (Å²) < 4.78 is 26.6. The second-order valence-electron chi connectivity index (χ2n) is 10.3. The summed E-state index contributed by atoms with van der Waals surface area (Å²) in [6, 6.07) is 22.3. The Balaban J connectivity index is 1.17. The van der Waals surface area contributed by atoms with Gasteiger partial charge in [-0.05, 0) is 55.7 Å². The molecule has 2 aromatic heterocycles. The molecule has 1 amide bonds. The number of benzene rings is 3. The molecule has 43 heavy (non-hydrogen) atoms. The van der Waals surface area contributed by atoms with Gasteiger partial charge in [-0.1, -0.05) is 36.4 Å². The molecule has 0 spiro atoms. The molecule has 3 aromatic carbocycles. The van der Waals surface area contributed by atoms with Gasteiger partial charge in [-0.3, -0.25) is 9.59 Å². The van der Waals surface area contributed by atoms with Gasteiger partial charge >= 0.3 is 0 Å². The molecule has 0 radical (unpaired) electrons. The Morgan fingerprint density at radius 1 is 0.930 bits per heavy atom. The maximum absolute atomic E-state index is 15.2. The van der Waals surface area contributed by atoms with Crippen molar-refractivity contribution in [3.05, 3.63) is 108 Å². The van der Waals surface area contributed by atoms with Crippen molar-refractivity contribution >= 4 is 28.5 Å². The second-order valence-corrected chi connectivity index (χ2v) is 10.3. The number of aromatic amines is 1. The topological polar surface area (TPSA) is 109 Å². The van der Waals surface area contributed by atoms with Gasteiger partial charge in [-0.2, -0.15) is 0 Å². The number of hydrogen-bond donors (Lipinski definition) is 2. The lowest BCUT2D eigenvalue weighted by Crippen LogP contribution is -2.48. The highest BCUT2D eigenvalue weighted by molar-refractivity contribution is 6.18. The molecule has 2 N–H and O–H groups in total. The molecule has 1 fully saturated rings. The molecule has 6 rings (SSSR count). The molecule has 10 heteroatoms. The van der Waals surface area contributed by atoms with Crippen LogP contribution in [-0.2, 0) is 4.79 Å². The molecular formula is C33H30FN5O4. The number of aromatic nitrogens is 3. The normalized spacial score (nSPS) is 14.8. The number of halogens is 1. The average molecular weight is 580 g/mol. The first kappa shape index (κ1) is 27.9. The zero-order valence-corrected chi connectivity index (χ0v) is 23.3. The predicted octanol–water partition coefficient (Wildman–Crippen LogP) is 5.99. The second kappa shape index (κ2) is 12.7. The lowest BCUT2D eigenvalue weighted by atomic mass is 10.0. The summed E-state index contributed by atoms with van der Waals surface area (Å²) in [6.45, 7) is 1.01. The number of ketones is 1. The van der Waals surface area contributed by atoms with Crippen LogP contribution in [0.15, 0.2) is 91.4 Å². The Kier molecular flexibility index (Phi) is 8.26. The van der Waals surface area contributed by atoms with Crippen LogP contribution in [0, 0.1) is 5.82 Å². The number of ether oxygens (including phenoxy) is 2. The van der Waals surface area contributed by atoms with Crippen molar-refractivity contribution in [1.82, 2.24) is 19.9 Å². The largest absolute Gasteiger partial charge is 0.484 e. The minimum Gasteiger partial charge on any atom is -0.484 e. The van der Waals surface area contributed by atoms with Gasteiger partial charge in [0.25, 0.3) is 5.91 Å². The smallest absolute Gasteiger partial charge is 0.260 e.